The van der Waals surface area contributed by atoms with E-state index in [1.807, 2.05) is 259 Å². The van der Waals surface area contributed by atoms with Gasteiger partial charge >= 0.3 is 0 Å². The number of hydrogen-bond donors (Lipinski definition) is 0. The lowest BCUT2D eigenvalue weighted by Gasteiger charge is -2.23. The van der Waals surface area contributed by atoms with Gasteiger partial charge < -0.3 is 0 Å². The third-order valence-corrected chi connectivity index (χ3v) is 14.0. The van der Waals surface area contributed by atoms with Crippen LogP contribution in [-0.4, -0.2) is 32.7 Å². The van der Waals surface area contributed by atoms with Crippen LogP contribution in [0.25, 0.3) is 5.69 Å². The van der Waals surface area contributed by atoms with Crippen molar-refractivity contribution in [2.75, 3.05) is 21.1 Å². The average molecular weight is 1290 g/mol. The molecule has 0 atom stereocenters. The van der Waals surface area contributed by atoms with Crippen LogP contribution in [0, 0.1) is 62.3 Å². The molecule has 0 saturated carbocycles. The Kier molecular flexibility index (Phi) is 43.0. The van der Waals surface area contributed by atoms with Crippen LogP contribution in [0.5, 0.6) is 0 Å². The molecule has 0 aliphatic rings. The summed E-state index contributed by atoms with van der Waals surface area (Å²) in [5.74, 6) is 0.348. The maximum atomic E-state index is 11.9. The zero-order valence-corrected chi connectivity index (χ0v) is 62.6. The number of benzene rings is 5. The Morgan fingerprint density at radius 1 is 0.323 bits per heavy atom. The number of aromatic nitrogens is 6. The van der Waals surface area contributed by atoms with Crippen LogP contribution in [0.1, 0.15) is 124 Å². The van der Waals surface area contributed by atoms with Crippen molar-refractivity contribution in [2.45, 2.75) is 123 Å². The number of Topliss-reactive ketones (excluding diaryl/α,β-unsaturated/α-hetero) is 2. The standard InChI is InChI=1S/C14H14NO.C12H12N.C10H16N.C10H12O.C9H12.4C7H10N.2C2H6/c1-12-5-7-13(8-6-12)14(16)11-15-9-3-2-4-10-15;1-11-5-7-12(8-6-11)13-9-3-2-4-10-13;1-9-5-7-10(8-6-9)11(2,3)4;1-3-10(11)9-6-4-8(2)5-7-9;1-3-9-6-4-8(2)5-7-9;2*1-7-3-5-8(2)6-4-7;2*1-7-4-3-5-8(2)6-7;2*1-2/h2-10H,11H2,1H3;2-10H,1H3;5-8H,1-4H3;4-7H,3H2,1-2H3;4-7H,3H2,1-2H3;4*3-6H,1-2H3;2*1-2H3/q3*+1;;;4*+1;;. The predicted octanol–water partition coefficient (Wildman–Crippen LogP) is 17.1. The number of hydrogen-bond acceptors (Lipinski definition) is 2. The van der Waals surface area contributed by atoms with E-state index in [4.69, 9.17) is 0 Å². The highest BCUT2D eigenvalue weighted by Gasteiger charge is 2.12. The van der Waals surface area contributed by atoms with Crippen LogP contribution in [-0.2, 0) is 41.2 Å². The van der Waals surface area contributed by atoms with Crippen molar-refractivity contribution >= 4 is 17.3 Å². The lowest BCUT2D eigenvalue weighted by Crippen LogP contribution is -2.36. The Bertz CT molecular complexity index is 3610. The predicted molar refractivity (Wildman–Crippen MR) is 404 cm³/mol. The van der Waals surface area contributed by atoms with Gasteiger partial charge in [0, 0.05) is 101 Å². The van der Waals surface area contributed by atoms with Crippen molar-refractivity contribution in [1.82, 2.24) is 4.48 Å². The van der Waals surface area contributed by atoms with E-state index in [1.165, 1.54) is 67.0 Å². The minimum absolute atomic E-state index is 0.135. The molecule has 0 fully saturated rings. The highest BCUT2D eigenvalue weighted by molar-refractivity contribution is 5.96. The van der Waals surface area contributed by atoms with E-state index in [-0.39, 0.29) is 11.6 Å². The van der Waals surface area contributed by atoms with E-state index in [0.29, 0.717) is 13.0 Å². The van der Waals surface area contributed by atoms with Gasteiger partial charge in [-0.3, -0.25) is 14.1 Å². The van der Waals surface area contributed by atoms with Gasteiger partial charge in [-0.25, -0.2) is 18.3 Å². The molecule has 0 N–H and O–H groups in total. The van der Waals surface area contributed by atoms with E-state index in [9.17, 15) is 9.59 Å². The molecule has 0 saturated heterocycles. The number of quaternary nitrogens is 1. The van der Waals surface area contributed by atoms with Gasteiger partial charge in [0.15, 0.2) is 80.1 Å². The van der Waals surface area contributed by atoms with E-state index < -0.39 is 0 Å². The molecule has 0 aliphatic carbocycles. The van der Waals surface area contributed by atoms with E-state index >= 15 is 0 Å². The summed E-state index contributed by atoms with van der Waals surface area (Å²) in [5.41, 5.74) is 17.1. The second kappa shape index (κ2) is 48.9. The van der Waals surface area contributed by atoms with Crippen LogP contribution in [0.3, 0.4) is 0 Å². The normalized spacial score (nSPS) is 9.56. The van der Waals surface area contributed by atoms with E-state index in [0.717, 1.165) is 22.0 Å². The molecule has 6 aromatic heterocycles. The fourth-order valence-electron chi connectivity index (χ4n) is 8.21. The van der Waals surface area contributed by atoms with Gasteiger partial charge in [-0.05, 0) is 110 Å². The molecule has 0 amide bonds. The summed E-state index contributed by atoms with van der Waals surface area (Å²) in [4.78, 5) is 23.0. The van der Waals surface area contributed by atoms with Gasteiger partial charge in [-0.15, -0.1) is 0 Å². The van der Waals surface area contributed by atoms with E-state index in [1.54, 1.807) is 0 Å². The number of rotatable bonds is 8. The first kappa shape index (κ1) is 84.3. The molecule has 0 unspecified atom stereocenters. The molecule has 11 aromatic rings. The molecule has 0 spiro atoms. The zero-order valence-electron chi connectivity index (χ0n) is 62.6. The number of nitrogens with zero attached hydrogens (tertiary/aromatic N) is 7. The largest absolute Gasteiger partial charge is 0.298 e. The third kappa shape index (κ3) is 39.1. The highest BCUT2D eigenvalue weighted by atomic mass is 16.1. The average Bonchev–Trinajstić information content (AvgIpc) is 1.22. The van der Waals surface area contributed by atoms with Gasteiger partial charge in [-0.2, -0.15) is 9.13 Å². The minimum atomic E-state index is 0.135. The number of carbonyl (C=O) groups excluding carboxylic acids is 2. The Balaban J connectivity index is 0.000000542. The first-order chi connectivity index (χ1) is 45.8. The van der Waals surface area contributed by atoms with Gasteiger partial charge in [0.05, 0.1) is 21.1 Å². The van der Waals surface area contributed by atoms with Crippen molar-refractivity contribution in [3.63, 3.8) is 0 Å². The molecule has 9 heteroatoms. The van der Waals surface area contributed by atoms with Gasteiger partial charge in [0.2, 0.25) is 18.0 Å². The fourth-order valence-corrected chi connectivity index (χ4v) is 8.21. The SMILES string of the molecule is CC.CC.CCC(=O)c1ccc(C)cc1.CCc1ccc(C)cc1.Cc1cc[n+](C)cc1.Cc1cc[n+](C)cc1.Cc1ccc(-[n+]2ccccc2)cc1.Cc1ccc(C(=O)C[n+]2ccccc2)cc1.Cc1ccc([N+](C)(C)C)cc1.Cc1ccc[n+](C)c1.Cc1ccc[n+](C)c1. The Hall–Kier alpha value is -9.70. The Morgan fingerprint density at radius 3 is 0.958 bits per heavy atom. The summed E-state index contributed by atoms with van der Waals surface area (Å²) in [6.07, 6.45) is 26.0. The first-order valence-electron chi connectivity index (χ1n) is 33.6. The third-order valence-electron chi connectivity index (χ3n) is 14.0. The molecular weight excluding hydrogens is 1180 g/mol. The van der Waals surface area contributed by atoms with Crippen LogP contribution < -0.4 is 31.9 Å². The van der Waals surface area contributed by atoms with Crippen molar-refractivity contribution in [2.24, 2.45) is 28.2 Å². The molecule has 96 heavy (non-hydrogen) atoms. The summed E-state index contributed by atoms with van der Waals surface area (Å²) >= 11 is 0. The molecule has 0 bridgehead atoms. The molecule has 11 rings (SSSR count). The summed E-state index contributed by atoms with van der Waals surface area (Å²) in [5, 5.41) is 0. The lowest BCUT2D eigenvalue weighted by molar-refractivity contribution is -0.683. The molecule has 9 nitrogen and oxygen atoms in total. The molecule has 506 valence electrons. The number of ketones is 2. The smallest absolute Gasteiger partial charge is 0.227 e. The van der Waals surface area contributed by atoms with Crippen molar-refractivity contribution in [3.8, 4) is 5.69 Å². The highest BCUT2D eigenvalue weighted by Crippen LogP contribution is 2.16. The van der Waals surface area contributed by atoms with Crippen molar-refractivity contribution in [1.29, 1.82) is 0 Å². The molecule has 0 radical (unpaired) electrons. The summed E-state index contributed by atoms with van der Waals surface area (Å²) in [7, 11) is 14.6. The number of pyridine rings is 6. The second-order valence-corrected chi connectivity index (χ2v) is 24.0. The Morgan fingerprint density at radius 2 is 0.646 bits per heavy atom. The van der Waals surface area contributed by atoms with Crippen molar-refractivity contribution in [3.05, 3.63) is 347 Å². The van der Waals surface area contributed by atoms with Crippen LogP contribution in [0.2, 0.25) is 0 Å². The van der Waals surface area contributed by atoms with Crippen LogP contribution >= 0.6 is 0 Å². The van der Waals surface area contributed by atoms with Crippen molar-refractivity contribution < 1.29 is 37.0 Å². The molecule has 0 aliphatic heterocycles. The summed E-state index contributed by atoms with van der Waals surface area (Å²) in [6, 6.07) is 69.6. The van der Waals surface area contributed by atoms with Crippen LogP contribution in [0.4, 0.5) is 5.69 Å². The zero-order chi connectivity index (χ0) is 71.8. The van der Waals surface area contributed by atoms with Gasteiger partial charge in [0.1, 0.15) is 33.9 Å². The second-order valence-electron chi connectivity index (χ2n) is 24.0. The minimum Gasteiger partial charge on any atom is -0.298 e. The molecule has 6 heterocycles. The Labute approximate surface area is 581 Å². The lowest BCUT2D eigenvalue weighted by atomic mass is 10.1. The maximum absolute atomic E-state index is 11.9. The number of carbonyl (C=O) groups is 2. The first-order valence-corrected chi connectivity index (χ1v) is 33.6. The number of aryl methyl sites for hydroxylation is 14. The van der Waals surface area contributed by atoms with Gasteiger partial charge in [-0.1, -0.05) is 179 Å². The maximum Gasteiger partial charge on any atom is 0.227 e. The summed E-state index contributed by atoms with van der Waals surface area (Å²) in [6.45, 7) is 31.1. The fraction of sp³-hybridized carbons (Fsp3) is 0.287. The molecule has 5 aromatic carbocycles. The van der Waals surface area contributed by atoms with E-state index in [2.05, 4.69) is 203 Å². The quantitative estimate of drug-likeness (QED) is 0.0865. The summed E-state index contributed by atoms with van der Waals surface area (Å²) < 4.78 is 13.0. The van der Waals surface area contributed by atoms with Gasteiger partial charge in [0.25, 0.3) is 0 Å². The monoisotopic (exact) mass is 1290 g/mol. The molecular formula is C87H118N7O2+7. The topological polar surface area (TPSA) is 57.4 Å². The van der Waals surface area contributed by atoms with Crippen LogP contribution in [0.15, 0.2) is 281 Å².